The molecule has 0 atom stereocenters. The summed E-state index contributed by atoms with van der Waals surface area (Å²) in [5, 5.41) is 15.0. The highest BCUT2D eigenvalue weighted by Crippen LogP contribution is 2.29. The van der Waals surface area contributed by atoms with Crippen molar-refractivity contribution in [2.24, 2.45) is 0 Å². The second kappa shape index (κ2) is 10.2. The number of aromatic nitrogens is 4. The van der Waals surface area contributed by atoms with Crippen LogP contribution in [0, 0.1) is 13.8 Å². The third-order valence-corrected chi connectivity index (χ3v) is 7.04. The SMILES string of the molecule is Cc1ccc(-c2csc(NC(=O)CSc3nnc(-c4cccc(C)c4)n3-c3ccccc3)n2)cc1. The van der Waals surface area contributed by atoms with Crippen molar-refractivity contribution >= 4 is 34.1 Å². The first-order valence-electron chi connectivity index (χ1n) is 11.1. The van der Waals surface area contributed by atoms with Crippen molar-refractivity contribution in [3.8, 4) is 28.3 Å². The smallest absolute Gasteiger partial charge is 0.236 e. The molecule has 0 spiro atoms. The van der Waals surface area contributed by atoms with Gasteiger partial charge in [0.05, 0.1) is 11.4 Å². The first-order valence-corrected chi connectivity index (χ1v) is 13.0. The van der Waals surface area contributed by atoms with Crippen molar-refractivity contribution in [2.45, 2.75) is 19.0 Å². The molecule has 1 amide bonds. The second-order valence-electron chi connectivity index (χ2n) is 8.09. The molecule has 0 fully saturated rings. The minimum absolute atomic E-state index is 0.139. The Balaban J connectivity index is 1.32. The van der Waals surface area contributed by atoms with Crippen molar-refractivity contribution in [2.75, 3.05) is 11.1 Å². The van der Waals surface area contributed by atoms with Gasteiger partial charge in [0.25, 0.3) is 0 Å². The Labute approximate surface area is 212 Å². The van der Waals surface area contributed by atoms with Crippen molar-refractivity contribution in [3.05, 3.63) is 95.4 Å². The number of nitrogens with one attached hydrogen (secondary N) is 1. The van der Waals surface area contributed by atoms with E-state index in [1.807, 2.05) is 64.5 Å². The maximum Gasteiger partial charge on any atom is 0.236 e. The topological polar surface area (TPSA) is 72.7 Å². The summed E-state index contributed by atoms with van der Waals surface area (Å²) in [6.45, 7) is 4.10. The van der Waals surface area contributed by atoms with E-state index in [0.29, 0.717) is 10.3 Å². The highest BCUT2D eigenvalue weighted by atomic mass is 32.2. The average molecular weight is 498 g/mol. The molecule has 0 bridgehead atoms. The molecule has 0 saturated heterocycles. The molecule has 35 heavy (non-hydrogen) atoms. The normalized spacial score (nSPS) is 10.9. The number of anilines is 1. The van der Waals surface area contributed by atoms with Gasteiger partial charge in [0.15, 0.2) is 16.1 Å². The summed E-state index contributed by atoms with van der Waals surface area (Å²) in [5.41, 5.74) is 6.14. The zero-order valence-corrected chi connectivity index (χ0v) is 20.9. The van der Waals surface area contributed by atoms with E-state index in [9.17, 15) is 4.79 Å². The number of nitrogens with zero attached hydrogens (tertiary/aromatic N) is 4. The van der Waals surface area contributed by atoms with E-state index >= 15 is 0 Å². The molecule has 5 aromatic rings. The quantitative estimate of drug-likeness (QED) is 0.263. The van der Waals surface area contributed by atoms with Gasteiger partial charge in [-0.25, -0.2) is 4.98 Å². The van der Waals surface area contributed by atoms with E-state index in [1.165, 1.54) is 28.7 Å². The number of hydrogen-bond acceptors (Lipinski definition) is 6. The van der Waals surface area contributed by atoms with Crippen molar-refractivity contribution < 1.29 is 4.79 Å². The Morgan fingerprint density at radius 2 is 1.71 bits per heavy atom. The number of thioether (sulfide) groups is 1. The standard InChI is InChI=1S/C27H23N5OS2/c1-18-11-13-20(14-12-18)23-16-34-26(28-23)29-24(33)17-35-27-31-30-25(21-8-6-7-19(2)15-21)32(27)22-9-4-3-5-10-22/h3-16H,17H2,1-2H3,(H,28,29,33). The summed E-state index contributed by atoms with van der Waals surface area (Å²) in [6, 6.07) is 26.3. The van der Waals surface area contributed by atoms with Gasteiger partial charge in [-0.3, -0.25) is 9.36 Å². The molecule has 0 radical (unpaired) electrons. The molecule has 174 valence electrons. The van der Waals surface area contributed by atoms with Crippen LogP contribution >= 0.6 is 23.1 Å². The Hall–Kier alpha value is -3.75. The molecule has 0 aliphatic rings. The van der Waals surface area contributed by atoms with E-state index < -0.39 is 0 Å². The fraction of sp³-hybridized carbons (Fsp3) is 0.111. The lowest BCUT2D eigenvalue weighted by atomic mass is 10.1. The van der Waals surface area contributed by atoms with Gasteiger partial charge in [-0.2, -0.15) is 0 Å². The van der Waals surface area contributed by atoms with Crippen molar-refractivity contribution in [1.29, 1.82) is 0 Å². The van der Waals surface area contributed by atoms with Crippen LogP contribution in [0.15, 0.2) is 89.4 Å². The van der Waals surface area contributed by atoms with Crippen LogP contribution in [0.3, 0.4) is 0 Å². The van der Waals surface area contributed by atoms with E-state index in [2.05, 4.69) is 58.6 Å². The fourth-order valence-electron chi connectivity index (χ4n) is 3.62. The number of thiazole rings is 1. The van der Waals surface area contributed by atoms with Crippen LogP contribution in [0.2, 0.25) is 0 Å². The van der Waals surface area contributed by atoms with Crippen LogP contribution < -0.4 is 5.32 Å². The van der Waals surface area contributed by atoms with E-state index in [-0.39, 0.29) is 11.7 Å². The number of aryl methyl sites for hydroxylation is 2. The fourth-order valence-corrected chi connectivity index (χ4v) is 5.11. The molecule has 6 nitrogen and oxygen atoms in total. The summed E-state index contributed by atoms with van der Waals surface area (Å²) in [7, 11) is 0. The Morgan fingerprint density at radius 1 is 0.914 bits per heavy atom. The zero-order valence-electron chi connectivity index (χ0n) is 19.3. The molecule has 8 heteroatoms. The number of para-hydroxylation sites is 1. The molecule has 2 aromatic heterocycles. The van der Waals surface area contributed by atoms with Crippen LogP contribution in [0.25, 0.3) is 28.3 Å². The van der Waals surface area contributed by atoms with Crippen LogP contribution in [0.4, 0.5) is 5.13 Å². The third-order valence-electron chi connectivity index (χ3n) is 5.35. The highest BCUT2D eigenvalue weighted by Gasteiger charge is 2.18. The number of carbonyl (C=O) groups is 1. The van der Waals surface area contributed by atoms with Crippen LogP contribution in [-0.2, 0) is 4.79 Å². The van der Waals surface area contributed by atoms with E-state index in [4.69, 9.17) is 0 Å². The van der Waals surface area contributed by atoms with Crippen molar-refractivity contribution in [1.82, 2.24) is 19.7 Å². The van der Waals surface area contributed by atoms with E-state index in [0.717, 1.165) is 33.9 Å². The molecule has 1 N–H and O–H groups in total. The van der Waals surface area contributed by atoms with Crippen LogP contribution in [-0.4, -0.2) is 31.4 Å². The molecule has 0 aliphatic heterocycles. The summed E-state index contributed by atoms with van der Waals surface area (Å²) in [4.78, 5) is 17.3. The largest absolute Gasteiger partial charge is 0.301 e. The minimum Gasteiger partial charge on any atom is -0.301 e. The van der Waals surface area contributed by atoms with Gasteiger partial charge < -0.3 is 5.32 Å². The molecule has 0 aliphatic carbocycles. The molecular formula is C27H23N5OS2. The summed E-state index contributed by atoms with van der Waals surface area (Å²) in [6.07, 6.45) is 0. The van der Waals surface area contributed by atoms with E-state index in [1.54, 1.807) is 0 Å². The minimum atomic E-state index is -0.139. The third kappa shape index (κ3) is 5.34. The summed E-state index contributed by atoms with van der Waals surface area (Å²) in [5.74, 6) is 0.795. The molecule has 5 rings (SSSR count). The first kappa shape index (κ1) is 23.0. The van der Waals surface area contributed by atoms with Gasteiger partial charge >= 0.3 is 0 Å². The van der Waals surface area contributed by atoms with Gasteiger partial charge in [0, 0.05) is 22.2 Å². The van der Waals surface area contributed by atoms with Gasteiger partial charge in [-0.15, -0.1) is 21.5 Å². The predicted molar refractivity (Wildman–Crippen MR) is 143 cm³/mol. The first-order chi connectivity index (χ1) is 17.1. The zero-order chi connectivity index (χ0) is 24.2. The second-order valence-corrected chi connectivity index (χ2v) is 9.89. The molecular weight excluding hydrogens is 474 g/mol. The maximum atomic E-state index is 12.7. The Kier molecular flexibility index (Phi) is 6.74. The lowest BCUT2D eigenvalue weighted by Crippen LogP contribution is -2.14. The maximum absolute atomic E-state index is 12.7. The number of amides is 1. The summed E-state index contributed by atoms with van der Waals surface area (Å²) < 4.78 is 1.99. The summed E-state index contributed by atoms with van der Waals surface area (Å²) >= 11 is 2.76. The molecule has 0 unspecified atom stereocenters. The lowest BCUT2D eigenvalue weighted by Gasteiger charge is -2.10. The van der Waals surface area contributed by atoms with Gasteiger partial charge in [0.2, 0.25) is 5.91 Å². The number of benzene rings is 3. The number of carbonyl (C=O) groups excluding carboxylic acids is 1. The monoisotopic (exact) mass is 497 g/mol. The van der Waals surface area contributed by atoms with Crippen LogP contribution in [0.1, 0.15) is 11.1 Å². The molecule has 2 heterocycles. The van der Waals surface area contributed by atoms with Gasteiger partial charge in [0.1, 0.15) is 0 Å². The number of rotatable bonds is 7. The Morgan fingerprint density at radius 3 is 2.49 bits per heavy atom. The van der Waals surface area contributed by atoms with Gasteiger partial charge in [-0.05, 0) is 32.0 Å². The lowest BCUT2D eigenvalue weighted by molar-refractivity contribution is -0.113. The molecule has 0 saturated carbocycles. The number of hydrogen-bond donors (Lipinski definition) is 1. The molecule has 3 aromatic carbocycles. The average Bonchev–Trinajstić information content (AvgIpc) is 3.51. The van der Waals surface area contributed by atoms with Crippen molar-refractivity contribution in [3.63, 3.8) is 0 Å². The van der Waals surface area contributed by atoms with Crippen LogP contribution in [0.5, 0.6) is 0 Å². The predicted octanol–water partition coefficient (Wildman–Crippen LogP) is 6.41. The highest BCUT2D eigenvalue weighted by molar-refractivity contribution is 7.99. The van der Waals surface area contributed by atoms with Gasteiger partial charge in [-0.1, -0.05) is 83.6 Å². The Bertz CT molecular complexity index is 1460.